The molecule has 0 spiro atoms. The van der Waals surface area contributed by atoms with Crippen molar-refractivity contribution in [2.45, 2.75) is 31.2 Å². The van der Waals surface area contributed by atoms with Gasteiger partial charge in [0.15, 0.2) is 11.5 Å². The Balaban J connectivity index is 1.28. The van der Waals surface area contributed by atoms with Crippen molar-refractivity contribution in [1.29, 1.82) is 0 Å². The van der Waals surface area contributed by atoms with Crippen LogP contribution in [0.15, 0.2) is 41.3 Å². The predicted octanol–water partition coefficient (Wildman–Crippen LogP) is 1.31. The molecule has 0 saturated heterocycles. The summed E-state index contributed by atoms with van der Waals surface area (Å²) in [6.45, 7) is 2.50. The molecule has 2 aromatic carbocycles. The van der Waals surface area contributed by atoms with Crippen LogP contribution in [0.2, 0.25) is 0 Å². The van der Waals surface area contributed by atoms with Crippen LogP contribution in [-0.4, -0.2) is 40.1 Å². The van der Waals surface area contributed by atoms with E-state index in [1.165, 1.54) is 13.0 Å². The molecule has 2 heterocycles. The first-order valence-electron chi connectivity index (χ1n) is 9.89. The molecule has 4 rings (SSSR count). The number of carbonyl (C=O) groups is 2. The van der Waals surface area contributed by atoms with Crippen molar-refractivity contribution in [2.75, 3.05) is 24.8 Å². The van der Waals surface area contributed by atoms with Gasteiger partial charge in [0.05, 0.1) is 4.90 Å². The summed E-state index contributed by atoms with van der Waals surface area (Å²) in [6, 6.07) is 10.1. The highest BCUT2D eigenvalue weighted by molar-refractivity contribution is 7.89. The number of hydrogen-bond donors (Lipinski definition) is 2. The topological polar surface area (TPSA) is 114 Å². The molecule has 0 fully saturated rings. The monoisotopic (exact) mass is 445 g/mol. The third kappa shape index (κ3) is 4.64. The fraction of sp³-hybridized carbons (Fsp3) is 0.333. The predicted molar refractivity (Wildman–Crippen MR) is 112 cm³/mol. The third-order valence-electron chi connectivity index (χ3n) is 5.21. The number of anilines is 1. The minimum atomic E-state index is -3.75. The van der Waals surface area contributed by atoms with Gasteiger partial charge in [0, 0.05) is 38.7 Å². The van der Waals surface area contributed by atoms with Gasteiger partial charge in [0.2, 0.25) is 28.6 Å². The van der Waals surface area contributed by atoms with Crippen molar-refractivity contribution in [3.63, 3.8) is 0 Å². The molecule has 2 N–H and O–H groups in total. The molecule has 10 heteroatoms. The summed E-state index contributed by atoms with van der Waals surface area (Å²) in [6.07, 6.45) is 0.618. The van der Waals surface area contributed by atoms with E-state index in [-0.39, 0.29) is 36.5 Å². The molecular formula is C21H23N3O6S. The van der Waals surface area contributed by atoms with Gasteiger partial charge in [0.25, 0.3) is 0 Å². The number of rotatable bonds is 7. The van der Waals surface area contributed by atoms with Crippen LogP contribution in [0.5, 0.6) is 11.5 Å². The molecule has 9 nitrogen and oxygen atoms in total. The average molecular weight is 445 g/mol. The second-order valence-corrected chi connectivity index (χ2v) is 9.09. The van der Waals surface area contributed by atoms with E-state index < -0.39 is 10.0 Å². The number of ether oxygens (including phenoxy) is 2. The number of nitrogens with zero attached hydrogens (tertiary/aromatic N) is 1. The van der Waals surface area contributed by atoms with E-state index in [1.807, 2.05) is 6.07 Å². The molecule has 2 aliphatic rings. The number of benzene rings is 2. The van der Waals surface area contributed by atoms with E-state index in [0.717, 1.165) is 16.8 Å². The van der Waals surface area contributed by atoms with Gasteiger partial charge >= 0.3 is 0 Å². The summed E-state index contributed by atoms with van der Waals surface area (Å²) in [5, 5.41) is 2.76. The molecule has 0 saturated carbocycles. The van der Waals surface area contributed by atoms with Crippen molar-refractivity contribution in [1.82, 2.24) is 10.0 Å². The zero-order chi connectivity index (χ0) is 22.0. The van der Waals surface area contributed by atoms with Crippen molar-refractivity contribution in [3.05, 3.63) is 47.5 Å². The lowest BCUT2D eigenvalue weighted by Crippen LogP contribution is -2.30. The molecule has 2 aliphatic heterocycles. The van der Waals surface area contributed by atoms with E-state index >= 15 is 0 Å². The van der Waals surface area contributed by atoms with E-state index in [4.69, 9.17) is 9.47 Å². The minimum Gasteiger partial charge on any atom is -0.454 e. The van der Waals surface area contributed by atoms with Gasteiger partial charge in [-0.2, -0.15) is 0 Å². The van der Waals surface area contributed by atoms with Crippen molar-refractivity contribution < 1.29 is 27.5 Å². The van der Waals surface area contributed by atoms with Crippen LogP contribution in [0.3, 0.4) is 0 Å². The quantitative estimate of drug-likeness (QED) is 0.664. The normalized spacial score (nSPS) is 14.4. The van der Waals surface area contributed by atoms with Crippen LogP contribution in [-0.2, 0) is 32.6 Å². The van der Waals surface area contributed by atoms with Gasteiger partial charge in [-0.3, -0.25) is 9.59 Å². The fourth-order valence-corrected chi connectivity index (χ4v) is 4.68. The highest BCUT2D eigenvalue weighted by Gasteiger charge is 2.24. The van der Waals surface area contributed by atoms with Gasteiger partial charge in [-0.25, -0.2) is 13.1 Å². The molecule has 0 bridgehead atoms. The SMILES string of the molecule is CC(=O)N1CCc2cc(S(=O)(=O)NCCC(=O)NCc3ccc4c(c3)OCO4)ccc21. The zero-order valence-corrected chi connectivity index (χ0v) is 17.8. The summed E-state index contributed by atoms with van der Waals surface area (Å²) in [5.41, 5.74) is 2.42. The average Bonchev–Trinajstić information content (AvgIpc) is 3.38. The van der Waals surface area contributed by atoms with E-state index in [1.54, 1.807) is 29.2 Å². The lowest BCUT2D eigenvalue weighted by Gasteiger charge is -2.15. The molecular weight excluding hydrogens is 422 g/mol. The van der Waals surface area contributed by atoms with Gasteiger partial charge in [-0.1, -0.05) is 6.07 Å². The van der Waals surface area contributed by atoms with Crippen molar-refractivity contribution in [2.24, 2.45) is 0 Å². The van der Waals surface area contributed by atoms with E-state index in [0.29, 0.717) is 31.0 Å². The molecule has 0 aromatic heterocycles. The highest BCUT2D eigenvalue weighted by Crippen LogP contribution is 2.32. The fourth-order valence-electron chi connectivity index (χ4n) is 3.59. The lowest BCUT2D eigenvalue weighted by molar-refractivity contribution is -0.121. The molecule has 31 heavy (non-hydrogen) atoms. The Labute approximate surface area is 180 Å². The lowest BCUT2D eigenvalue weighted by atomic mass is 10.2. The van der Waals surface area contributed by atoms with Gasteiger partial charge in [0.1, 0.15) is 0 Å². The Hall–Kier alpha value is -3.11. The molecule has 2 aromatic rings. The van der Waals surface area contributed by atoms with Gasteiger partial charge in [-0.05, 0) is 47.9 Å². The Kier molecular flexibility index (Phi) is 5.84. The van der Waals surface area contributed by atoms with Gasteiger partial charge < -0.3 is 19.7 Å². The van der Waals surface area contributed by atoms with Crippen LogP contribution in [0.1, 0.15) is 24.5 Å². The Morgan fingerprint density at radius 3 is 2.71 bits per heavy atom. The maximum absolute atomic E-state index is 12.6. The van der Waals surface area contributed by atoms with Crippen molar-refractivity contribution in [3.8, 4) is 11.5 Å². The Morgan fingerprint density at radius 2 is 1.90 bits per heavy atom. The summed E-state index contributed by atoms with van der Waals surface area (Å²) in [4.78, 5) is 25.5. The van der Waals surface area contributed by atoms with Crippen LogP contribution >= 0.6 is 0 Å². The summed E-state index contributed by atoms with van der Waals surface area (Å²) >= 11 is 0. The van der Waals surface area contributed by atoms with E-state index in [9.17, 15) is 18.0 Å². The largest absolute Gasteiger partial charge is 0.454 e. The first-order valence-corrected chi connectivity index (χ1v) is 11.4. The Morgan fingerprint density at radius 1 is 1.10 bits per heavy atom. The summed E-state index contributed by atoms with van der Waals surface area (Å²) in [5.74, 6) is 0.969. The molecule has 0 unspecified atom stereocenters. The van der Waals surface area contributed by atoms with Crippen molar-refractivity contribution >= 4 is 27.5 Å². The molecule has 164 valence electrons. The molecule has 0 aliphatic carbocycles. The standard InChI is InChI=1S/C21H23N3O6S/c1-14(25)24-9-7-16-11-17(3-4-18(16)24)31(27,28)23-8-6-21(26)22-12-15-2-5-19-20(10-15)30-13-29-19/h2-5,10-11,23H,6-9,12-13H2,1H3,(H,22,26). The number of sulfonamides is 1. The Bertz CT molecular complexity index is 1130. The number of amides is 2. The maximum Gasteiger partial charge on any atom is 0.240 e. The number of hydrogen-bond acceptors (Lipinski definition) is 6. The maximum atomic E-state index is 12.6. The van der Waals surface area contributed by atoms with Crippen LogP contribution in [0.25, 0.3) is 0 Å². The number of nitrogens with one attached hydrogen (secondary N) is 2. The first kappa shape index (κ1) is 21.1. The van der Waals surface area contributed by atoms with Crippen LogP contribution in [0.4, 0.5) is 5.69 Å². The highest BCUT2D eigenvalue weighted by atomic mass is 32.2. The summed E-state index contributed by atoms with van der Waals surface area (Å²) in [7, 11) is -3.75. The second kappa shape index (κ2) is 8.56. The first-order chi connectivity index (χ1) is 14.8. The molecule has 0 radical (unpaired) electrons. The molecule has 2 amide bonds. The van der Waals surface area contributed by atoms with Gasteiger partial charge in [-0.15, -0.1) is 0 Å². The second-order valence-electron chi connectivity index (χ2n) is 7.32. The summed E-state index contributed by atoms with van der Waals surface area (Å²) < 4.78 is 38.1. The number of fused-ring (bicyclic) bond motifs is 2. The van der Waals surface area contributed by atoms with E-state index in [2.05, 4.69) is 10.0 Å². The van der Waals surface area contributed by atoms with Crippen LogP contribution < -0.4 is 24.4 Å². The number of carbonyl (C=O) groups excluding carboxylic acids is 2. The third-order valence-corrected chi connectivity index (χ3v) is 6.67. The molecule has 0 atom stereocenters. The smallest absolute Gasteiger partial charge is 0.240 e. The van der Waals surface area contributed by atoms with Crippen LogP contribution in [0, 0.1) is 0 Å². The zero-order valence-electron chi connectivity index (χ0n) is 17.0. The minimum absolute atomic E-state index is 0.00678.